The van der Waals surface area contributed by atoms with Gasteiger partial charge in [0.2, 0.25) is 11.8 Å². The number of piperidine rings is 1. The van der Waals surface area contributed by atoms with Crippen molar-refractivity contribution in [2.45, 2.75) is 58.6 Å². The van der Waals surface area contributed by atoms with Crippen LogP contribution >= 0.6 is 0 Å². The van der Waals surface area contributed by atoms with E-state index >= 15 is 0 Å². The van der Waals surface area contributed by atoms with Gasteiger partial charge in [0.1, 0.15) is 5.75 Å². The Balaban J connectivity index is 1.75. The van der Waals surface area contributed by atoms with Gasteiger partial charge in [-0.1, -0.05) is 12.1 Å². The van der Waals surface area contributed by atoms with E-state index in [2.05, 4.69) is 17.4 Å². The van der Waals surface area contributed by atoms with Crippen molar-refractivity contribution in [2.24, 2.45) is 5.92 Å². The Morgan fingerprint density at radius 2 is 1.96 bits per heavy atom. The molecule has 1 aliphatic heterocycles. The summed E-state index contributed by atoms with van der Waals surface area (Å²) in [4.78, 5) is 25.8. The van der Waals surface area contributed by atoms with Crippen molar-refractivity contribution in [2.75, 3.05) is 13.6 Å². The highest BCUT2D eigenvalue weighted by Crippen LogP contribution is 2.18. The van der Waals surface area contributed by atoms with Crippen molar-refractivity contribution in [3.8, 4) is 5.75 Å². The van der Waals surface area contributed by atoms with Gasteiger partial charge in [-0.05, 0) is 57.7 Å². The number of benzene rings is 1. The number of aryl methyl sites for hydroxylation is 1. The smallest absolute Gasteiger partial charge is 0.223 e. The van der Waals surface area contributed by atoms with Crippen LogP contribution in [0.3, 0.4) is 0 Å². The first-order valence-corrected chi connectivity index (χ1v) is 9.15. The molecule has 1 aliphatic rings. The highest BCUT2D eigenvalue weighted by Gasteiger charge is 2.28. The molecular formula is C20H30N2O3. The number of carbonyl (C=O) groups is 2. The third kappa shape index (κ3) is 6.07. The lowest BCUT2D eigenvalue weighted by Crippen LogP contribution is -2.44. The fraction of sp³-hybridized carbons (Fsp3) is 0.600. The van der Waals surface area contributed by atoms with Crippen molar-refractivity contribution in [3.05, 3.63) is 29.8 Å². The van der Waals surface area contributed by atoms with Gasteiger partial charge in [0.25, 0.3) is 0 Å². The van der Waals surface area contributed by atoms with Gasteiger partial charge in [0, 0.05) is 32.0 Å². The van der Waals surface area contributed by atoms with Crippen LogP contribution in [0.25, 0.3) is 0 Å². The summed E-state index contributed by atoms with van der Waals surface area (Å²) >= 11 is 0. The van der Waals surface area contributed by atoms with Crippen LogP contribution in [-0.4, -0.2) is 42.5 Å². The van der Waals surface area contributed by atoms with E-state index in [1.54, 1.807) is 11.9 Å². The van der Waals surface area contributed by atoms with E-state index in [-0.39, 0.29) is 29.9 Å². The molecule has 2 amide bonds. The second kappa shape index (κ2) is 8.88. The highest BCUT2D eigenvalue weighted by molar-refractivity contribution is 5.86. The zero-order chi connectivity index (χ0) is 18.4. The molecule has 0 aliphatic carbocycles. The summed E-state index contributed by atoms with van der Waals surface area (Å²) in [6.45, 7) is 6.70. The number of ether oxygens (including phenoxy) is 1. The second-order valence-electron chi connectivity index (χ2n) is 7.26. The van der Waals surface area contributed by atoms with Gasteiger partial charge in [-0.2, -0.15) is 0 Å². The normalized spacial score (nSPS) is 19.0. The number of hydrogen-bond acceptors (Lipinski definition) is 3. The Labute approximate surface area is 150 Å². The Bertz CT molecular complexity index is 583. The van der Waals surface area contributed by atoms with Gasteiger partial charge in [0.05, 0.1) is 6.10 Å². The quantitative estimate of drug-likeness (QED) is 0.826. The molecule has 0 saturated carbocycles. The van der Waals surface area contributed by atoms with E-state index in [4.69, 9.17) is 4.74 Å². The Kier molecular flexibility index (Phi) is 6.85. The number of carbonyl (C=O) groups excluding carboxylic acids is 2. The van der Waals surface area contributed by atoms with Crippen LogP contribution in [0.4, 0.5) is 0 Å². The van der Waals surface area contributed by atoms with Crippen molar-refractivity contribution in [1.29, 1.82) is 0 Å². The first kappa shape index (κ1) is 19.3. The number of nitrogens with zero attached hydrogens (tertiary/aromatic N) is 1. The molecule has 0 spiro atoms. The first-order valence-electron chi connectivity index (χ1n) is 9.15. The average Bonchev–Trinajstić information content (AvgIpc) is 2.56. The maximum Gasteiger partial charge on any atom is 0.223 e. The Hall–Kier alpha value is -2.04. The van der Waals surface area contributed by atoms with Gasteiger partial charge in [-0.25, -0.2) is 0 Å². The molecule has 2 rings (SSSR count). The number of likely N-dealkylation sites (tertiary alicyclic amines) is 1. The van der Waals surface area contributed by atoms with E-state index in [0.717, 1.165) is 25.0 Å². The van der Waals surface area contributed by atoms with Crippen LogP contribution < -0.4 is 10.1 Å². The molecule has 1 N–H and O–H groups in total. The minimum atomic E-state index is -0.182. The molecule has 25 heavy (non-hydrogen) atoms. The summed E-state index contributed by atoms with van der Waals surface area (Å²) in [6, 6.07) is 8.21. The lowest BCUT2D eigenvalue weighted by Gasteiger charge is -2.28. The van der Waals surface area contributed by atoms with Crippen molar-refractivity contribution >= 4 is 11.8 Å². The van der Waals surface area contributed by atoms with Crippen LogP contribution in [0.2, 0.25) is 0 Å². The molecule has 1 fully saturated rings. The van der Waals surface area contributed by atoms with Crippen molar-refractivity contribution in [3.63, 3.8) is 0 Å². The van der Waals surface area contributed by atoms with Crippen LogP contribution in [0.1, 0.15) is 45.6 Å². The second-order valence-corrected chi connectivity index (χ2v) is 7.26. The molecule has 0 bridgehead atoms. The maximum absolute atomic E-state index is 12.3. The molecule has 0 radical (unpaired) electrons. The van der Waals surface area contributed by atoms with E-state index in [9.17, 15) is 9.59 Å². The minimum absolute atomic E-state index is 0.00892. The van der Waals surface area contributed by atoms with Crippen LogP contribution in [-0.2, 0) is 16.0 Å². The molecule has 5 heteroatoms. The number of hydrogen-bond donors (Lipinski definition) is 1. The van der Waals surface area contributed by atoms with Gasteiger partial charge < -0.3 is 15.0 Å². The van der Waals surface area contributed by atoms with Crippen LogP contribution in [0, 0.1) is 5.92 Å². The maximum atomic E-state index is 12.3. The molecule has 1 heterocycles. The lowest BCUT2D eigenvalue weighted by atomic mass is 9.95. The summed E-state index contributed by atoms with van der Waals surface area (Å²) in [5.41, 5.74) is 1.23. The summed E-state index contributed by atoms with van der Waals surface area (Å²) in [7, 11) is 1.79. The van der Waals surface area contributed by atoms with Crippen LogP contribution in [0.15, 0.2) is 24.3 Å². The minimum Gasteiger partial charge on any atom is -0.491 e. The van der Waals surface area contributed by atoms with E-state index in [0.29, 0.717) is 13.0 Å². The fourth-order valence-electron chi connectivity index (χ4n) is 2.99. The lowest BCUT2D eigenvalue weighted by molar-refractivity contribution is -0.139. The van der Waals surface area contributed by atoms with Crippen LogP contribution in [0.5, 0.6) is 5.75 Å². The van der Waals surface area contributed by atoms with Gasteiger partial charge in [-0.15, -0.1) is 0 Å². The van der Waals surface area contributed by atoms with Gasteiger partial charge >= 0.3 is 0 Å². The number of amides is 2. The van der Waals surface area contributed by atoms with E-state index < -0.39 is 0 Å². The monoisotopic (exact) mass is 346 g/mol. The van der Waals surface area contributed by atoms with Crippen molar-refractivity contribution < 1.29 is 14.3 Å². The van der Waals surface area contributed by atoms with E-state index in [1.165, 1.54) is 5.56 Å². The first-order chi connectivity index (χ1) is 11.8. The summed E-state index contributed by atoms with van der Waals surface area (Å²) in [5, 5.41) is 3.06. The predicted molar refractivity (Wildman–Crippen MR) is 98.5 cm³/mol. The molecule has 2 atom stereocenters. The molecular weight excluding hydrogens is 316 g/mol. The summed E-state index contributed by atoms with van der Waals surface area (Å²) < 4.78 is 5.64. The molecule has 0 aromatic heterocycles. The molecule has 5 nitrogen and oxygen atoms in total. The topological polar surface area (TPSA) is 58.6 Å². The van der Waals surface area contributed by atoms with E-state index in [1.807, 2.05) is 32.9 Å². The number of rotatable bonds is 7. The van der Waals surface area contributed by atoms with Gasteiger partial charge in [-0.3, -0.25) is 9.59 Å². The molecule has 138 valence electrons. The average molecular weight is 346 g/mol. The summed E-state index contributed by atoms with van der Waals surface area (Å²) in [6.07, 6.45) is 3.02. The molecule has 1 aromatic carbocycles. The SMILES string of the molecule is CC(C)Oc1ccc(CC[C@H](C)NC(=O)[C@H]2CCN(C)C(=O)C2)cc1. The highest BCUT2D eigenvalue weighted by atomic mass is 16.5. The number of nitrogens with one attached hydrogen (secondary N) is 1. The Morgan fingerprint density at radius 3 is 2.56 bits per heavy atom. The largest absolute Gasteiger partial charge is 0.491 e. The molecule has 1 aromatic rings. The third-order valence-electron chi connectivity index (χ3n) is 4.58. The summed E-state index contributed by atoms with van der Waals surface area (Å²) in [5.74, 6) is 0.767. The van der Waals surface area contributed by atoms with Crippen molar-refractivity contribution in [1.82, 2.24) is 10.2 Å². The van der Waals surface area contributed by atoms with Gasteiger partial charge in [0.15, 0.2) is 0 Å². The molecule has 1 saturated heterocycles. The Morgan fingerprint density at radius 1 is 1.28 bits per heavy atom. The third-order valence-corrected chi connectivity index (χ3v) is 4.58. The standard InChI is InChI=1S/C20H30N2O3/c1-14(2)25-18-9-7-16(8-10-18)6-5-15(3)21-20(24)17-11-12-22(4)19(23)13-17/h7-10,14-15,17H,5-6,11-13H2,1-4H3,(H,21,24)/t15-,17-/m0/s1. The predicted octanol–water partition coefficient (Wildman–Crippen LogP) is 2.78. The zero-order valence-electron chi connectivity index (χ0n) is 15.7. The zero-order valence-corrected chi connectivity index (χ0v) is 15.7. The molecule has 0 unspecified atom stereocenters. The fourth-order valence-corrected chi connectivity index (χ4v) is 2.99.